The van der Waals surface area contributed by atoms with Crippen LogP contribution in [0.4, 0.5) is 0 Å². The molecule has 1 fully saturated rings. The zero-order valence-electron chi connectivity index (χ0n) is 10.4. The Morgan fingerprint density at radius 2 is 1.93 bits per heavy atom. The lowest BCUT2D eigenvalue weighted by molar-refractivity contribution is 0.384. The van der Waals surface area contributed by atoms with Crippen molar-refractivity contribution < 1.29 is 0 Å². The summed E-state index contributed by atoms with van der Waals surface area (Å²) in [4.78, 5) is 0. The molecule has 0 amide bonds. The molecule has 15 heavy (non-hydrogen) atoms. The van der Waals surface area contributed by atoms with Gasteiger partial charge in [0.15, 0.2) is 0 Å². The Kier molecular flexibility index (Phi) is 3.04. The van der Waals surface area contributed by atoms with E-state index in [0.717, 1.165) is 17.8 Å². The molecule has 1 unspecified atom stereocenters. The van der Waals surface area contributed by atoms with Crippen LogP contribution in [0.15, 0.2) is 23.8 Å². The molecule has 2 aliphatic carbocycles. The summed E-state index contributed by atoms with van der Waals surface area (Å²) in [5, 5.41) is 0. The maximum atomic E-state index is 4.14. The Hall–Kier alpha value is -0.520. The third-order valence-electron chi connectivity index (χ3n) is 4.55. The first-order chi connectivity index (χ1) is 7.09. The molecule has 0 spiro atoms. The van der Waals surface area contributed by atoms with Crippen molar-refractivity contribution in [1.82, 2.24) is 0 Å². The van der Waals surface area contributed by atoms with Crippen LogP contribution in [0.25, 0.3) is 0 Å². The van der Waals surface area contributed by atoms with Crippen LogP contribution in [-0.4, -0.2) is 0 Å². The summed E-state index contributed by atoms with van der Waals surface area (Å²) in [7, 11) is 0. The predicted octanol–water partition coefficient (Wildman–Crippen LogP) is 4.58. The van der Waals surface area contributed by atoms with Crippen LogP contribution in [0.1, 0.15) is 46.5 Å². The number of fused-ring (bicyclic) bond motifs is 1. The van der Waals surface area contributed by atoms with E-state index in [1.165, 1.54) is 31.3 Å². The van der Waals surface area contributed by atoms with Gasteiger partial charge in [-0.2, -0.15) is 0 Å². The molecule has 2 rings (SSSR count). The summed E-state index contributed by atoms with van der Waals surface area (Å²) in [5.41, 5.74) is 3.11. The van der Waals surface area contributed by atoms with Gasteiger partial charge in [0.1, 0.15) is 0 Å². The highest BCUT2D eigenvalue weighted by molar-refractivity contribution is 5.22. The lowest BCUT2D eigenvalue weighted by Gasteiger charge is -2.18. The molecule has 0 heteroatoms. The molecular weight excluding hydrogens is 180 g/mol. The first kappa shape index (κ1) is 11.0. The average Bonchev–Trinajstić information content (AvgIpc) is 2.43. The van der Waals surface area contributed by atoms with Crippen LogP contribution in [0, 0.1) is 23.7 Å². The largest absolute Gasteiger partial charge is 0.0995 e. The number of rotatable bonds is 1. The monoisotopic (exact) mass is 204 g/mol. The van der Waals surface area contributed by atoms with Gasteiger partial charge in [0.05, 0.1) is 0 Å². The normalized spacial score (nSPS) is 40.6. The quantitative estimate of drug-likeness (QED) is 0.548. The second-order valence-corrected chi connectivity index (χ2v) is 5.76. The molecule has 84 valence electrons. The van der Waals surface area contributed by atoms with Crippen molar-refractivity contribution in [2.75, 3.05) is 0 Å². The summed E-state index contributed by atoms with van der Waals surface area (Å²) in [6, 6.07) is 0. The zero-order chi connectivity index (χ0) is 11.0. The van der Waals surface area contributed by atoms with E-state index in [2.05, 4.69) is 33.4 Å². The highest BCUT2D eigenvalue weighted by Crippen LogP contribution is 2.45. The van der Waals surface area contributed by atoms with Gasteiger partial charge in [0.2, 0.25) is 0 Å². The molecule has 2 aliphatic rings. The van der Waals surface area contributed by atoms with Gasteiger partial charge in [-0.1, -0.05) is 37.6 Å². The van der Waals surface area contributed by atoms with Gasteiger partial charge < -0.3 is 0 Å². The summed E-state index contributed by atoms with van der Waals surface area (Å²) in [5.74, 6) is 3.28. The van der Waals surface area contributed by atoms with Gasteiger partial charge in [-0.05, 0) is 56.3 Å². The molecular formula is C15H24. The molecule has 4 atom stereocenters. The molecule has 0 aromatic rings. The first-order valence-electron chi connectivity index (χ1n) is 6.46. The predicted molar refractivity (Wildman–Crippen MR) is 66.7 cm³/mol. The van der Waals surface area contributed by atoms with Crippen LogP contribution < -0.4 is 0 Å². The minimum Gasteiger partial charge on any atom is -0.0995 e. The number of hydrogen-bond donors (Lipinski definition) is 0. The topological polar surface area (TPSA) is 0 Å². The van der Waals surface area contributed by atoms with Crippen LogP contribution in [-0.2, 0) is 0 Å². The number of allylic oxidation sites excluding steroid dienone is 3. The lowest BCUT2D eigenvalue weighted by Crippen LogP contribution is -2.09. The van der Waals surface area contributed by atoms with Crippen LogP contribution in [0.5, 0.6) is 0 Å². The Morgan fingerprint density at radius 1 is 1.20 bits per heavy atom. The SMILES string of the molecule is C=C(C)[C@H]1C=C2C(CC[C@H]2C)[C@H](C)CC1. The van der Waals surface area contributed by atoms with E-state index in [4.69, 9.17) is 0 Å². The van der Waals surface area contributed by atoms with Gasteiger partial charge in [-0.25, -0.2) is 0 Å². The maximum Gasteiger partial charge on any atom is -0.00257 e. The van der Waals surface area contributed by atoms with E-state index in [1.54, 1.807) is 5.57 Å². The Labute approximate surface area is 94.5 Å². The van der Waals surface area contributed by atoms with Crippen molar-refractivity contribution in [2.24, 2.45) is 23.7 Å². The molecule has 0 aliphatic heterocycles. The first-order valence-corrected chi connectivity index (χ1v) is 6.46. The summed E-state index contributed by atoms with van der Waals surface area (Å²) in [6.45, 7) is 11.2. The standard InChI is InChI=1S/C15H24/c1-10(2)13-7-5-11(3)14-8-6-12(4)15(14)9-13/h9,11-14H,1,5-8H2,2-4H3/t11-,12-,13-,14?/m1/s1. The highest BCUT2D eigenvalue weighted by atomic mass is 14.4. The fourth-order valence-corrected chi connectivity index (χ4v) is 3.38. The second-order valence-electron chi connectivity index (χ2n) is 5.76. The zero-order valence-corrected chi connectivity index (χ0v) is 10.4. The summed E-state index contributed by atoms with van der Waals surface area (Å²) >= 11 is 0. The van der Waals surface area contributed by atoms with E-state index in [0.29, 0.717) is 5.92 Å². The van der Waals surface area contributed by atoms with E-state index in [1.807, 2.05) is 0 Å². The van der Waals surface area contributed by atoms with Crippen molar-refractivity contribution in [3.8, 4) is 0 Å². The summed E-state index contributed by atoms with van der Waals surface area (Å²) < 4.78 is 0. The van der Waals surface area contributed by atoms with E-state index in [9.17, 15) is 0 Å². The molecule has 0 N–H and O–H groups in total. The molecule has 0 saturated heterocycles. The second kappa shape index (κ2) is 4.15. The smallest absolute Gasteiger partial charge is 0.00257 e. The van der Waals surface area contributed by atoms with E-state index >= 15 is 0 Å². The molecule has 0 radical (unpaired) electrons. The molecule has 0 bridgehead atoms. The minimum absolute atomic E-state index is 0.660. The average molecular weight is 204 g/mol. The molecule has 0 nitrogen and oxygen atoms in total. The number of hydrogen-bond acceptors (Lipinski definition) is 0. The van der Waals surface area contributed by atoms with Gasteiger partial charge >= 0.3 is 0 Å². The van der Waals surface area contributed by atoms with E-state index < -0.39 is 0 Å². The maximum absolute atomic E-state index is 4.14. The highest BCUT2D eigenvalue weighted by Gasteiger charge is 2.33. The lowest BCUT2D eigenvalue weighted by atomic mass is 9.87. The fourth-order valence-electron chi connectivity index (χ4n) is 3.38. The third kappa shape index (κ3) is 2.04. The van der Waals surface area contributed by atoms with Gasteiger partial charge in [0.25, 0.3) is 0 Å². The van der Waals surface area contributed by atoms with Gasteiger partial charge in [-0.3, -0.25) is 0 Å². The Balaban J connectivity index is 2.27. The van der Waals surface area contributed by atoms with Gasteiger partial charge in [-0.15, -0.1) is 0 Å². The van der Waals surface area contributed by atoms with Crippen molar-refractivity contribution in [3.05, 3.63) is 23.8 Å². The van der Waals surface area contributed by atoms with Crippen molar-refractivity contribution in [2.45, 2.75) is 46.5 Å². The van der Waals surface area contributed by atoms with Gasteiger partial charge in [0, 0.05) is 0 Å². The Bertz CT molecular complexity index is 284. The molecule has 0 heterocycles. The van der Waals surface area contributed by atoms with Crippen LogP contribution >= 0.6 is 0 Å². The molecule has 0 aromatic heterocycles. The fraction of sp³-hybridized carbons (Fsp3) is 0.733. The van der Waals surface area contributed by atoms with Crippen LogP contribution in [0.3, 0.4) is 0 Å². The molecule has 1 saturated carbocycles. The van der Waals surface area contributed by atoms with Crippen molar-refractivity contribution in [3.63, 3.8) is 0 Å². The summed E-state index contributed by atoms with van der Waals surface area (Å²) in [6.07, 6.45) is 8.10. The van der Waals surface area contributed by atoms with Crippen molar-refractivity contribution in [1.29, 1.82) is 0 Å². The Morgan fingerprint density at radius 3 is 2.60 bits per heavy atom. The molecule has 0 aromatic carbocycles. The van der Waals surface area contributed by atoms with E-state index in [-0.39, 0.29) is 0 Å². The van der Waals surface area contributed by atoms with Crippen molar-refractivity contribution >= 4 is 0 Å². The van der Waals surface area contributed by atoms with Crippen LogP contribution in [0.2, 0.25) is 0 Å². The minimum atomic E-state index is 0.660. The third-order valence-corrected chi connectivity index (χ3v) is 4.55.